The molecule has 0 unspecified atom stereocenters. The fourth-order valence-corrected chi connectivity index (χ4v) is 12.7. The predicted molar refractivity (Wildman–Crippen MR) is 183 cm³/mol. The summed E-state index contributed by atoms with van der Waals surface area (Å²) in [6, 6.07) is 58.5. The van der Waals surface area contributed by atoms with Crippen LogP contribution in [0.25, 0.3) is 33.4 Å². The van der Waals surface area contributed by atoms with E-state index in [-0.39, 0.29) is 24.8 Å². The molecule has 0 spiro atoms. The van der Waals surface area contributed by atoms with Crippen molar-refractivity contribution >= 4 is 3.81 Å². The summed E-state index contributed by atoms with van der Waals surface area (Å²) in [6.45, 7) is 0. The number of fused-ring (bicyclic) bond motifs is 3. The first-order chi connectivity index (χ1) is 21.8. The second-order valence-electron chi connectivity index (χ2n) is 11.6. The minimum Gasteiger partial charge on any atom is -1.00 e. The second-order valence-corrected chi connectivity index (χ2v) is 15.6. The van der Waals surface area contributed by atoms with Crippen molar-refractivity contribution < 1.29 is 42.2 Å². The van der Waals surface area contributed by atoms with Gasteiger partial charge in [-0.15, -0.1) is 0 Å². The van der Waals surface area contributed by atoms with Crippen molar-refractivity contribution in [3.05, 3.63) is 202 Å². The molecular formula is C43H32Cl2Ti. The number of hydrogen-bond donors (Lipinski definition) is 0. The molecule has 222 valence electrons. The maximum absolute atomic E-state index is 2.46. The Morgan fingerprint density at radius 2 is 0.913 bits per heavy atom. The Morgan fingerprint density at radius 3 is 1.33 bits per heavy atom. The number of hydrogen-bond acceptors (Lipinski definition) is 0. The van der Waals surface area contributed by atoms with Crippen LogP contribution in [0.1, 0.15) is 32.9 Å². The van der Waals surface area contributed by atoms with Crippen molar-refractivity contribution in [1.82, 2.24) is 0 Å². The Hall–Kier alpha value is -4.04. The first kappa shape index (κ1) is 31.9. The van der Waals surface area contributed by atoms with E-state index in [2.05, 4.69) is 176 Å². The van der Waals surface area contributed by atoms with Gasteiger partial charge in [0.2, 0.25) is 0 Å². The summed E-state index contributed by atoms with van der Waals surface area (Å²) < 4.78 is 3.55. The van der Waals surface area contributed by atoms with Crippen molar-refractivity contribution in [2.24, 2.45) is 0 Å². The molecule has 0 atom stereocenters. The SMILES string of the molecule is C1=CC[C]([Ti+2](=[C](c2ccccc2)c2ccccc2)[CH]2c3ccc(-c4ccccc4)cc3-c3cc(-c4ccccc4)ccc32)=C1.[Cl-].[Cl-]. The zero-order valence-corrected chi connectivity index (χ0v) is 28.4. The van der Waals surface area contributed by atoms with Gasteiger partial charge in [0.05, 0.1) is 0 Å². The van der Waals surface area contributed by atoms with Crippen molar-refractivity contribution in [2.45, 2.75) is 10.6 Å². The molecule has 0 saturated heterocycles. The van der Waals surface area contributed by atoms with E-state index in [4.69, 9.17) is 0 Å². The van der Waals surface area contributed by atoms with Crippen LogP contribution in [-0.4, -0.2) is 3.81 Å². The van der Waals surface area contributed by atoms with Gasteiger partial charge in [0.25, 0.3) is 0 Å². The molecule has 0 N–H and O–H groups in total. The third kappa shape index (κ3) is 5.95. The molecule has 0 nitrogen and oxygen atoms in total. The topological polar surface area (TPSA) is 0 Å². The first-order valence-corrected chi connectivity index (χ1v) is 17.9. The molecule has 3 heteroatoms. The van der Waals surface area contributed by atoms with Gasteiger partial charge in [-0.2, -0.15) is 0 Å². The minimum atomic E-state index is -2.25. The Labute approximate surface area is 290 Å². The monoisotopic (exact) mass is 666 g/mol. The molecule has 0 radical (unpaired) electrons. The van der Waals surface area contributed by atoms with Crippen LogP contribution in [0.5, 0.6) is 0 Å². The van der Waals surface area contributed by atoms with E-state index in [1.807, 2.05) is 0 Å². The summed E-state index contributed by atoms with van der Waals surface area (Å²) in [5.74, 6) is 0. The van der Waals surface area contributed by atoms with E-state index in [0.717, 1.165) is 6.42 Å². The van der Waals surface area contributed by atoms with Crippen LogP contribution in [-0.2, 0) is 17.4 Å². The summed E-state index contributed by atoms with van der Waals surface area (Å²) in [5, 5.41) is 0. The first-order valence-electron chi connectivity index (χ1n) is 15.5. The van der Waals surface area contributed by atoms with Gasteiger partial charge >= 0.3 is 267 Å². The maximum atomic E-state index is 2.46. The van der Waals surface area contributed by atoms with Gasteiger partial charge in [-0.25, -0.2) is 0 Å². The van der Waals surface area contributed by atoms with Crippen molar-refractivity contribution in [3.8, 4) is 33.4 Å². The van der Waals surface area contributed by atoms with Gasteiger partial charge in [0.15, 0.2) is 0 Å². The molecule has 6 aromatic rings. The quantitative estimate of drug-likeness (QED) is 0.224. The van der Waals surface area contributed by atoms with E-state index >= 15 is 0 Å². The zero-order chi connectivity index (χ0) is 29.3. The van der Waals surface area contributed by atoms with Crippen LogP contribution < -0.4 is 24.8 Å². The van der Waals surface area contributed by atoms with Crippen LogP contribution in [0.2, 0.25) is 0 Å². The largest absolute Gasteiger partial charge is 1.00 e. The van der Waals surface area contributed by atoms with Crippen molar-refractivity contribution in [3.63, 3.8) is 0 Å². The zero-order valence-electron chi connectivity index (χ0n) is 25.3. The molecule has 0 saturated carbocycles. The molecule has 0 aromatic heterocycles. The van der Waals surface area contributed by atoms with Gasteiger partial charge in [0.1, 0.15) is 0 Å². The predicted octanol–water partition coefficient (Wildman–Crippen LogP) is 4.83. The maximum Gasteiger partial charge on any atom is -1.00 e. The summed E-state index contributed by atoms with van der Waals surface area (Å²) in [4.78, 5) is 0. The molecule has 0 fully saturated rings. The standard InChI is InChI=1S/C25H17.C13H10.C5H5.2ClH.Ti/c1-3-7-18(8-4-1)20-11-13-22-15-23-14-12-21(17-25(23)24(22)16-20)19-9-5-2-6-10-19;1-3-7-12(8-4-1)11-13-9-5-2-6-10-13;1-2-4-5-3-1;;;/h1-17H;1-10H;1-3H,4H2;2*1H;/q;;;;;+2/p-2. The van der Waals surface area contributed by atoms with E-state index in [1.54, 1.807) is 7.69 Å². The second kappa shape index (κ2) is 14.2. The van der Waals surface area contributed by atoms with Gasteiger partial charge in [-0.05, 0) is 0 Å². The van der Waals surface area contributed by atoms with Gasteiger partial charge in [-0.1, -0.05) is 0 Å². The molecule has 2 aliphatic carbocycles. The van der Waals surface area contributed by atoms with Gasteiger partial charge in [0, 0.05) is 0 Å². The summed E-state index contributed by atoms with van der Waals surface area (Å²) in [5.41, 5.74) is 13.5. The van der Waals surface area contributed by atoms with Crippen molar-refractivity contribution in [2.75, 3.05) is 0 Å². The number of halogens is 2. The van der Waals surface area contributed by atoms with Gasteiger partial charge < -0.3 is 24.8 Å². The van der Waals surface area contributed by atoms with Crippen LogP contribution >= 0.6 is 0 Å². The van der Waals surface area contributed by atoms with Crippen LogP contribution in [0.4, 0.5) is 0 Å². The Balaban J connectivity index is 0.00000186. The van der Waals surface area contributed by atoms with E-state index < -0.39 is 17.4 Å². The van der Waals surface area contributed by atoms with E-state index in [9.17, 15) is 0 Å². The van der Waals surface area contributed by atoms with Crippen LogP contribution in [0, 0.1) is 0 Å². The molecular weight excluding hydrogens is 635 g/mol. The molecule has 2 aliphatic rings. The van der Waals surface area contributed by atoms with Gasteiger partial charge in [-0.3, -0.25) is 0 Å². The average molecular weight is 668 g/mol. The number of rotatable bonds is 6. The Bertz CT molecular complexity index is 1930. The smallest absolute Gasteiger partial charge is 1.00 e. The average Bonchev–Trinajstić information content (AvgIpc) is 3.75. The third-order valence-electron chi connectivity index (χ3n) is 9.03. The molecule has 0 aliphatic heterocycles. The normalized spacial score (nSPS) is 12.5. The molecule has 8 rings (SSSR count). The van der Waals surface area contributed by atoms with Crippen LogP contribution in [0.3, 0.4) is 0 Å². The fourth-order valence-electron chi connectivity index (χ4n) is 7.01. The number of benzene rings is 6. The summed E-state index contributed by atoms with van der Waals surface area (Å²) in [7, 11) is 0. The van der Waals surface area contributed by atoms with E-state index in [1.165, 1.54) is 55.6 Å². The molecule has 0 bridgehead atoms. The molecule has 0 heterocycles. The minimum absolute atomic E-state index is 0. The number of allylic oxidation sites excluding steroid dienone is 4. The summed E-state index contributed by atoms with van der Waals surface area (Å²) in [6.07, 6.45) is 8.12. The molecule has 46 heavy (non-hydrogen) atoms. The fraction of sp³-hybridized carbons (Fsp3) is 0.0465. The Morgan fingerprint density at radius 1 is 0.478 bits per heavy atom. The molecule has 6 aromatic carbocycles. The summed E-state index contributed by atoms with van der Waals surface area (Å²) >= 11 is -2.25. The Kier molecular flexibility index (Phi) is 9.83. The van der Waals surface area contributed by atoms with E-state index in [0.29, 0.717) is 4.22 Å². The van der Waals surface area contributed by atoms with Crippen molar-refractivity contribution in [1.29, 1.82) is 0 Å². The van der Waals surface area contributed by atoms with Crippen LogP contribution in [0.15, 0.2) is 180 Å². The third-order valence-corrected chi connectivity index (χ3v) is 14.3. The molecule has 0 amide bonds.